The molecule has 0 spiro atoms. The second-order valence-electron chi connectivity index (χ2n) is 8.13. The molecule has 170 valence electrons. The van der Waals surface area contributed by atoms with Crippen molar-refractivity contribution in [2.24, 2.45) is 0 Å². The second kappa shape index (κ2) is 10.3. The molecule has 2 aromatic rings. The topological polar surface area (TPSA) is 97.0 Å². The summed E-state index contributed by atoms with van der Waals surface area (Å²) in [7, 11) is 1.45. The largest absolute Gasteiger partial charge is 0.438 e. The number of methoxy groups -OCH3 is 1. The van der Waals surface area contributed by atoms with Crippen LogP contribution in [0.25, 0.3) is 0 Å². The number of hydrogen-bond acceptors (Lipinski definition) is 5. The lowest BCUT2D eigenvalue weighted by Crippen LogP contribution is -2.48. The number of ether oxygens (including phenoxy) is 2. The molecule has 2 aromatic carbocycles. The quantitative estimate of drug-likeness (QED) is 0.659. The third kappa shape index (κ3) is 5.64. The van der Waals surface area contributed by atoms with Gasteiger partial charge in [-0.1, -0.05) is 42.0 Å². The molecule has 0 aliphatic carbocycles. The Morgan fingerprint density at radius 3 is 2.34 bits per heavy atom. The van der Waals surface area contributed by atoms with Gasteiger partial charge in [-0.3, -0.25) is 14.5 Å². The van der Waals surface area contributed by atoms with Gasteiger partial charge in [0.2, 0.25) is 11.8 Å². The van der Waals surface area contributed by atoms with Crippen molar-refractivity contribution in [1.29, 1.82) is 0 Å². The molecule has 0 aromatic heterocycles. The average Bonchev–Trinajstić information content (AvgIpc) is 3.06. The fourth-order valence-electron chi connectivity index (χ4n) is 3.55. The number of rotatable bonds is 8. The van der Waals surface area contributed by atoms with Gasteiger partial charge in [0.1, 0.15) is 6.61 Å². The molecule has 8 nitrogen and oxygen atoms in total. The van der Waals surface area contributed by atoms with E-state index in [2.05, 4.69) is 10.6 Å². The maximum absolute atomic E-state index is 13.1. The molecule has 0 saturated carbocycles. The summed E-state index contributed by atoms with van der Waals surface area (Å²) in [5.41, 5.74) is 3.27. The van der Waals surface area contributed by atoms with Gasteiger partial charge in [0, 0.05) is 18.8 Å². The van der Waals surface area contributed by atoms with Crippen molar-refractivity contribution in [2.45, 2.75) is 45.5 Å². The fraction of sp³-hybridized carbons (Fsp3) is 0.375. The van der Waals surface area contributed by atoms with Gasteiger partial charge in [0.15, 0.2) is 12.1 Å². The number of cyclic esters (lactones) is 1. The van der Waals surface area contributed by atoms with Gasteiger partial charge < -0.3 is 20.1 Å². The Labute approximate surface area is 187 Å². The van der Waals surface area contributed by atoms with Crippen LogP contribution in [0.4, 0.5) is 10.5 Å². The van der Waals surface area contributed by atoms with E-state index in [1.54, 1.807) is 24.3 Å². The number of benzene rings is 2. The molecule has 3 rings (SSSR count). The first kappa shape index (κ1) is 23.3. The number of nitrogens with one attached hydrogen (secondary N) is 2. The lowest BCUT2D eigenvalue weighted by Gasteiger charge is -2.25. The van der Waals surface area contributed by atoms with Crippen molar-refractivity contribution >= 4 is 23.6 Å². The first-order valence-corrected chi connectivity index (χ1v) is 10.5. The molecule has 3 amide bonds. The smallest absolute Gasteiger partial charge is 0.411 e. The molecule has 2 N–H and O–H groups in total. The first-order chi connectivity index (χ1) is 15.3. The molecule has 0 radical (unpaired) electrons. The van der Waals surface area contributed by atoms with E-state index >= 15 is 0 Å². The molecule has 1 heterocycles. The van der Waals surface area contributed by atoms with Crippen molar-refractivity contribution in [2.75, 3.05) is 19.0 Å². The fourth-order valence-corrected chi connectivity index (χ4v) is 3.55. The van der Waals surface area contributed by atoms with Crippen LogP contribution in [0.1, 0.15) is 36.6 Å². The standard InChI is InChI=1S/C24H29N3O5/c1-15(2)25-23(29)21-22(18-9-11-19(12-10-18)26-20(28)14-31-4)32-24(30)27(21)13-17-7-5-16(3)6-8-17/h5-12,15,21-22H,13-14H2,1-4H3,(H,25,29)(H,26,28). The number of anilines is 1. The van der Waals surface area contributed by atoms with Crippen LogP contribution in [0, 0.1) is 6.92 Å². The monoisotopic (exact) mass is 439 g/mol. The predicted molar refractivity (Wildman–Crippen MR) is 120 cm³/mol. The van der Waals surface area contributed by atoms with Crippen molar-refractivity contribution in [3.05, 3.63) is 65.2 Å². The molecule has 0 bridgehead atoms. The first-order valence-electron chi connectivity index (χ1n) is 10.5. The molecule has 1 aliphatic rings. The van der Waals surface area contributed by atoms with Gasteiger partial charge in [-0.2, -0.15) is 0 Å². The van der Waals surface area contributed by atoms with Gasteiger partial charge in [-0.05, 0) is 44.0 Å². The lowest BCUT2D eigenvalue weighted by molar-refractivity contribution is -0.127. The summed E-state index contributed by atoms with van der Waals surface area (Å²) in [5.74, 6) is -0.550. The minimum atomic E-state index is -0.819. The Morgan fingerprint density at radius 2 is 1.75 bits per heavy atom. The summed E-state index contributed by atoms with van der Waals surface area (Å²) < 4.78 is 10.5. The van der Waals surface area contributed by atoms with E-state index in [-0.39, 0.29) is 31.0 Å². The number of aryl methyl sites for hydroxylation is 1. The van der Waals surface area contributed by atoms with Crippen LogP contribution in [0.3, 0.4) is 0 Å². The van der Waals surface area contributed by atoms with Gasteiger partial charge in [0.05, 0.1) is 6.54 Å². The zero-order valence-electron chi connectivity index (χ0n) is 18.8. The molecule has 8 heteroatoms. The summed E-state index contributed by atoms with van der Waals surface area (Å²) in [6, 6.07) is 13.8. The van der Waals surface area contributed by atoms with Gasteiger partial charge in [0.25, 0.3) is 0 Å². The zero-order chi connectivity index (χ0) is 23.3. The summed E-state index contributed by atoms with van der Waals surface area (Å²) in [6.07, 6.45) is -1.31. The van der Waals surface area contributed by atoms with E-state index in [1.807, 2.05) is 45.0 Å². The Hall–Kier alpha value is -3.39. The highest BCUT2D eigenvalue weighted by molar-refractivity contribution is 5.92. The van der Waals surface area contributed by atoms with Crippen LogP contribution in [0.15, 0.2) is 48.5 Å². The minimum Gasteiger partial charge on any atom is -0.438 e. The van der Waals surface area contributed by atoms with Gasteiger partial charge >= 0.3 is 6.09 Å². The van der Waals surface area contributed by atoms with E-state index in [1.165, 1.54) is 12.0 Å². The van der Waals surface area contributed by atoms with Crippen molar-refractivity contribution < 1.29 is 23.9 Å². The van der Waals surface area contributed by atoms with Crippen LogP contribution in [0.2, 0.25) is 0 Å². The summed E-state index contributed by atoms with van der Waals surface area (Å²) in [4.78, 5) is 39.0. The second-order valence-corrected chi connectivity index (χ2v) is 8.13. The Balaban J connectivity index is 1.84. The number of carbonyl (C=O) groups is 3. The summed E-state index contributed by atoms with van der Waals surface area (Å²) in [6.45, 7) is 5.94. The molecule has 1 fully saturated rings. The molecule has 1 saturated heterocycles. The van der Waals surface area contributed by atoms with Gasteiger partial charge in [-0.25, -0.2) is 4.79 Å². The minimum absolute atomic E-state index is 0.0482. The highest BCUT2D eigenvalue weighted by atomic mass is 16.6. The molecule has 2 unspecified atom stereocenters. The zero-order valence-corrected chi connectivity index (χ0v) is 18.8. The lowest BCUT2D eigenvalue weighted by atomic mass is 10.00. The van der Waals surface area contributed by atoms with Crippen LogP contribution >= 0.6 is 0 Å². The third-order valence-corrected chi connectivity index (χ3v) is 5.06. The molecular weight excluding hydrogens is 410 g/mol. The summed E-state index contributed by atoms with van der Waals surface area (Å²) >= 11 is 0. The van der Waals surface area contributed by atoms with Crippen molar-refractivity contribution in [3.63, 3.8) is 0 Å². The third-order valence-electron chi connectivity index (χ3n) is 5.06. The molecule has 1 aliphatic heterocycles. The maximum Gasteiger partial charge on any atom is 0.411 e. The molecule has 2 atom stereocenters. The Kier molecular flexibility index (Phi) is 7.48. The Morgan fingerprint density at radius 1 is 1.09 bits per heavy atom. The van der Waals surface area contributed by atoms with Crippen LogP contribution in [-0.4, -0.2) is 48.6 Å². The van der Waals surface area contributed by atoms with Crippen molar-refractivity contribution in [3.8, 4) is 0 Å². The number of carbonyl (C=O) groups excluding carboxylic acids is 3. The van der Waals surface area contributed by atoms with E-state index in [0.717, 1.165) is 11.1 Å². The highest BCUT2D eigenvalue weighted by Crippen LogP contribution is 2.34. The predicted octanol–water partition coefficient (Wildman–Crippen LogP) is 3.17. The number of amides is 3. The average molecular weight is 440 g/mol. The van der Waals surface area contributed by atoms with Gasteiger partial charge in [-0.15, -0.1) is 0 Å². The number of nitrogens with zero attached hydrogens (tertiary/aromatic N) is 1. The highest BCUT2D eigenvalue weighted by Gasteiger charge is 2.47. The Bertz CT molecular complexity index is 957. The van der Waals surface area contributed by atoms with E-state index < -0.39 is 18.2 Å². The van der Waals surface area contributed by atoms with Crippen molar-refractivity contribution in [1.82, 2.24) is 10.2 Å². The van der Waals surface area contributed by atoms with E-state index in [9.17, 15) is 14.4 Å². The van der Waals surface area contributed by atoms with Crippen LogP contribution in [-0.2, 0) is 25.6 Å². The maximum atomic E-state index is 13.1. The van der Waals surface area contributed by atoms with E-state index in [4.69, 9.17) is 9.47 Å². The normalized spacial score (nSPS) is 17.9. The van der Waals surface area contributed by atoms with Crippen LogP contribution in [0.5, 0.6) is 0 Å². The summed E-state index contributed by atoms with van der Waals surface area (Å²) in [5, 5.41) is 5.61. The number of hydrogen-bond donors (Lipinski definition) is 2. The molecular formula is C24H29N3O5. The SMILES string of the molecule is COCC(=O)Nc1ccc(C2OC(=O)N(Cc3ccc(C)cc3)C2C(=O)NC(C)C)cc1. The van der Waals surface area contributed by atoms with Crippen LogP contribution < -0.4 is 10.6 Å². The molecule has 32 heavy (non-hydrogen) atoms. The van der Waals surface area contributed by atoms with E-state index in [0.29, 0.717) is 11.3 Å².